The predicted octanol–water partition coefficient (Wildman–Crippen LogP) is 2.28. The molecule has 2 heteroatoms. The largest absolute Gasteiger partial charge is 0.396 e. The van der Waals surface area contributed by atoms with Gasteiger partial charge in [-0.1, -0.05) is 27.7 Å². The summed E-state index contributed by atoms with van der Waals surface area (Å²) in [7, 11) is 0. The van der Waals surface area contributed by atoms with Crippen LogP contribution in [0.15, 0.2) is 0 Å². The maximum absolute atomic E-state index is 8.93. The summed E-state index contributed by atoms with van der Waals surface area (Å²) >= 11 is 0. The second-order valence-corrected chi connectivity index (χ2v) is 5.06. The predicted molar refractivity (Wildman–Crippen MR) is 62.4 cm³/mol. The first-order chi connectivity index (χ1) is 6.56. The van der Waals surface area contributed by atoms with E-state index in [1.807, 2.05) is 0 Å². The van der Waals surface area contributed by atoms with Crippen LogP contribution >= 0.6 is 0 Å². The summed E-state index contributed by atoms with van der Waals surface area (Å²) in [4.78, 5) is 0. The smallest absolute Gasteiger partial charge is 0.0434 e. The fraction of sp³-hybridized carbons (Fsp3) is 1.00. The van der Waals surface area contributed by atoms with Gasteiger partial charge in [-0.3, -0.25) is 0 Å². The fourth-order valence-electron chi connectivity index (χ4n) is 1.73. The summed E-state index contributed by atoms with van der Waals surface area (Å²) in [6.45, 7) is 11.4. The molecule has 2 nitrogen and oxygen atoms in total. The number of aliphatic hydroxyl groups excluding tert-OH is 1. The molecule has 86 valence electrons. The van der Waals surface area contributed by atoms with Crippen LogP contribution < -0.4 is 5.32 Å². The molecule has 0 rings (SSSR count). The second kappa shape index (κ2) is 8.25. The monoisotopic (exact) mass is 201 g/mol. The van der Waals surface area contributed by atoms with Crippen LogP contribution in [0.1, 0.15) is 40.5 Å². The highest BCUT2D eigenvalue weighted by molar-refractivity contribution is 4.65. The van der Waals surface area contributed by atoms with Crippen LogP contribution in [-0.2, 0) is 0 Å². The van der Waals surface area contributed by atoms with Gasteiger partial charge in [0.2, 0.25) is 0 Å². The van der Waals surface area contributed by atoms with Crippen molar-refractivity contribution in [2.45, 2.75) is 40.5 Å². The van der Waals surface area contributed by atoms with Crippen LogP contribution in [0, 0.1) is 17.8 Å². The normalized spacial score (nSPS) is 13.9. The number of nitrogens with one attached hydrogen (secondary N) is 1. The molecule has 0 saturated carbocycles. The Kier molecular flexibility index (Phi) is 8.20. The molecule has 0 aliphatic carbocycles. The van der Waals surface area contributed by atoms with Gasteiger partial charge in [0.25, 0.3) is 0 Å². The number of rotatable bonds is 8. The molecule has 0 aromatic heterocycles. The average molecular weight is 201 g/mol. The molecular formula is C12H27NO. The third kappa shape index (κ3) is 8.52. The highest BCUT2D eigenvalue weighted by Crippen LogP contribution is 2.14. The lowest BCUT2D eigenvalue weighted by Crippen LogP contribution is -2.27. The molecule has 1 unspecified atom stereocenters. The van der Waals surface area contributed by atoms with Crippen molar-refractivity contribution < 1.29 is 5.11 Å². The third-order valence-electron chi connectivity index (χ3n) is 2.33. The molecule has 0 saturated heterocycles. The summed E-state index contributed by atoms with van der Waals surface area (Å²) in [5.74, 6) is 2.08. The Morgan fingerprint density at radius 3 is 2.07 bits per heavy atom. The molecule has 0 aromatic carbocycles. The Bertz CT molecular complexity index is 123. The molecule has 0 amide bonds. The Balaban J connectivity index is 3.61. The van der Waals surface area contributed by atoms with Gasteiger partial charge in [0.15, 0.2) is 0 Å². The zero-order chi connectivity index (χ0) is 11.0. The standard InChI is InChI=1S/C12H27NO/c1-10(2)7-12(5-6-14)9-13-8-11(3)4/h10-14H,5-9H2,1-4H3. The average Bonchev–Trinajstić information content (AvgIpc) is 2.02. The molecule has 0 spiro atoms. The topological polar surface area (TPSA) is 32.3 Å². The fourth-order valence-corrected chi connectivity index (χ4v) is 1.73. The van der Waals surface area contributed by atoms with E-state index in [4.69, 9.17) is 5.11 Å². The van der Waals surface area contributed by atoms with Gasteiger partial charge in [-0.25, -0.2) is 0 Å². The van der Waals surface area contributed by atoms with Gasteiger partial charge >= 0.3 is 0 Å². The first kappa shape index (κ1) is 13.9. The first-order valence-electron chi connectivity index (χ1n) is 5.87. The van der Waals surface area contributed by atoms with Crippen LogP contribution in [0.4, 0.5) is 0 Å². The maximum Gasteiger partial charge on any atom is 0.0434 e. The van der Waals surface area contributed by atoms with E-state index in [9.17, 15) is 0 Å². The third-order valence-corrected chi connectivity index (χ3v) is 2.33. The van der Waals surface area contributed by atoms with Crippen LogP contribution in [0.25, 0.3) is 0 Å². The van der Waals surface area contributed by atoms with Gasteiger partial charge < -0.3 is 10.4 Å². The zero-order valence-electron chi connectivity index (χ0n) is 10.2. The highest BCUT2D eigenvalue weighted by atomic mass is 16.3. The van der Waals surface area contributed by atoms with E-state index in [-0.39, 0.29) is 0 Å². The minimum atomic E-state index is 0.320. The van der Waals surface area contributed by atoms with Crippen molar-refractivity contribution in [3.63, 3.8) is 0 Å². The van der Waals surface area contributed by atoms with Gasteiger partial charge in [0.1, 0.15) is 0 Å². The van der Waals surface area contributed by atoms with E-state index in [2.05, 4.69) is 33.0 Å². The van der Waals surface area contributed by atoms with Crippen molar-refractivity contribution in [3.05, 3.63) is 0 Å². The molecular weight excluding hydrogens is 174 g/mol. The Morgan fingerprint density at radius 1 is 1.00 bits per heavy atom. The molecule has 0 bridgehead atoms. The van der Waals surface area contributed by atoms with Crippen LogP contribution in [0.3, 0.4) is 0 Å². The maximum atomic E-state index is 8.93. The minimum Gasteiger partial charge on any atom is -0.396 e. The lowest BCUT2D eigenvalue weighted by molar-refractivity contribution is 0.238. The summed E-state index contributed by atoms with van der Waals surface area (Å²) in [6.07, 6.45) is 2.15. The summed E-state index contributed by atoms with van der Waals surface area (Å²) in [5, 5.41) is 12.4. The quantitative estimate of drug-likeness (QED) is 0.631. The number of aliphatic hydroxyl groups is 1. The van der Waals surface area contributed by atoms with Gasteiger partial charge in [0.05, 0.1) is 0 Å². The van der Waals surface area contributed by atoms with E-state index in [0.29, 0.717) is 18.4 Å². The molecule has 2 N–H and O–H groups in total. The summed E-state index contributed by atoms with van der Waals surface area (Å²) in [6, 6.07) is 0. The molecule has 1 atom stereocenters. The first-order valence-corrected chi connectivity index (χ1v) is 5.87. The summed E-state index contributed by atoms with van der Waals surface area (Å²) < 4.78 is 0. The Labute approximate surface area is 89.1 Å². The van der Waals surface area contributed by atoms with E-state index in [0.717, 1.165) is 25.4 Å². The molecule has 0 aromatic rings. The minimum absolute atomic E-state index is 0.320. The van der Waals surface area contributed by atoms with Gasteiger partial charge in [-0.15, -0.1) is 0 Å². The molecule has 0 heterocycles. The molecule has 0 radical (unpaired) electrons. The van der Waals surface area contributed by atoms with Gasteiger partial charge in [-0.2, -0.15) is 0 Å². The lowest BCUT2D eigenvalue weighted by atomic mass is 9.94. The molecule has 0 fully saturated rings. The van der Waals surface area contributed by atoms with E-state index in [1.54, 1.807) is 0 Å². The van der Waals surface area contributed by atoms with Crippen molar-refractivity contribution in [1.29, 1.82) is 0 Å². The second-order valence-electron chi connectivity index (χ2n) is 5.06. The lowest BCUT2D eigenvalue weighted by Gasteiger charge is -2.19. The van der Waals surface area contributed by atoms with Crippen molar-refractivity contribution in [2.75, 3.05) is 19.7 Å². The Morgan fingerprint density at radius 2 is 1.64 bits per heavy atom. The summed E-state index contributed by atoms with van der Waals surface area (Å²) in [5.41, 5.74) is 0. The van der Waals surface area contributed by atoms with Crippen molar-refractivity contribution in [1.82, 2.24) is 5.32 Å². The molecule has 0 aliphatic heterocycles. The van der Waals surface area contributed by atoms with Crippen LogP contribution in [0.2, 0.25) is 0 Å². The van der Waals surface area contributed by atoms with Crippen molar-refractivity contribution in [3.8, 4) is 0 Å². The number of hydrogen-bond donors (Lipinski definition) is 2. The van der Waals surface area contributed by atoms with E-state index >= 15 is 0 Å². The van der Waals surface area contributed by atoms with E-state index in [1.165, 1.54) is 6.42 Å². The van der Waals surface area contributed by atoms with Crippen LogP contribution in [0.5, 0.6) is 0 Å². The van der Waals surface area contributed by atoms with Gasteiger partial charge in [-0.05, 0) is 43.7 Å². The van der Waals surface area contributed by atoms with Crippen molar-refractivity contribution >= 4 is 0 Å². The SMILES string of the molecule is CC(C)CNCC(CCO)CC(C)C. The van der Waals surface area contributed by atoms with Crippen molar-refractivity contribution in [2.24, 2.45) is 17.8 Å². The highest BCUT2D eigenvalue weighted by Gasteiger charge is 2.09. The van der Waals surface area contributed by atoms with E-state index < -0.39 is 0 Å². The number of hydrogen-bond acceptors (Lipinski definition) is 2. The van der Waals surface area contributed by atoms with Gasteiger partial charge in [0, 0.05) is 6.61 Å². The zero-order valence-corrected chi connectivity index (χ0v) is 10.2. The van der Waals surface area contributed by atoms with Crippen LogP contribution in [-0.4, -0.2) is 24.8 Å². The Hall–Kier alpha value is -0.0800. The molecule has 14 heavy (non-hydrogen) atoms. The molecule has 0 aliphatic rings.